The van der Waals surface area contributed by atoms with Crippen molar-refractivity contribution in [1.29, 1.82) is 0 Å². The van der Waals surface area contributed by atoms with E-state index < -0.39 is 0 Å². The molecule has 0 radical (unpaired) electrons. The molecule has 2 aromatic rings. The average Bonchev–Trinajstić information content (AvgIpc) is 2.67. The lowest BCUT2D eigenvalue weighted by molar-refractivity contribution is 0.364. The Morgan fingerprint density at radius 3 is 2.62 bits per heavy atom. The predicted molar refractivity (Wildman–Crippen MR) is 60.4 cm³/mol. The summed E-state index contributed by atoms with van der Waals surface area (Å²) < 4.78 is 4.98. The van der Waals surface area contributed by atoms with Crippen molar-refractivity contribution < 1.29 is 4.52 Å². The number of rotatable bonds is 4. The lowest BCUT2D eigenvalue weighted by Gasteiger charge is -2.02. The van der Waals surface area contributed by atoms with Gasteiger partial charge in [0.2, 0.25) is 5.89 Å². The summed E-state index contributed by atoms with van der Waals surface area (Å²) in [6.45, 7) is 3.12. The molecule has 16 heavy (non-hydrogen) atoms. The summed E-state index contributed by atoms with van der Waals surface area (Å²) in [5.41, 5.74) is 7.54. The summed E-state index contributed by atoms with van der Waals surface area (Å²) in [5.74, 6) is 1.26. The number of nitrogens with two attached hydrogens (primary N) is 1. The van der Waals surface area contributed by atoms with Crippen LogP contribution >= 0.6 is 0 Å². The Labute approximate surface area is 93.7 Å². The normalized spacial score (nSPS) is 10.6. The molecule has 0 unspecified atom stereocenters. The molecule has 5 heteroatoms. The smallest absolute Gasteiger partial charge is 0.240 e. The molecule has 1 aromatic carbocycles. The number of nitrogens with zero attached hydrogens (tertiary/aromatic N) is 2. The highest BCUT2D eigenvalue weighted by molar-refractivity contribution is 5.39. The standard InChI is InChI=1S/C11H14N4O/c1-8-14-11(16-15-8)7-13-6-9-2-4-10(12)5-3-9/h2-5,13H,6-7,12H2,1H3. The zero-order chi connectivity index (χ0) is 11.4. The Morgan fingerprint density at radius 1 is 1.25 bits per heavy atom. The lowest BCUT2D eigenvalue weighted by atomic mass is 10.2. The zero-order valence-electron chi connectivity index (χ0n) is 9.10. The van der Waals surface area contributed by atoms with Crippen molar-refractivity contribution in [1.82, 2.24) is 15.5 Å². The highest BCUT2D eigenvalue weighted by atomic mass is 16.5. The Balaban J connectivity index is 1.82. The molecular formula is C11H14N4O. The van der Waals surface area contributed by atoms with Gasteiger partial charge in [0.1, 0.15) is 0 Å². The third-order valence-corrected chi connectivity index (χ3v) is 2.15. The van der Waals surface area contributed by atoms with Crippen LogP contribution in [0.15, 0.2) is 28.8 Å². The van der Waals surface area contributed by atoms with Gasteiger partial charge in [-0.2, -0.15) is 4.98 Å². The van der Waals surface area contributed by atoms with Crippen molar-refractivity contribution in [2.24, 2.45) is 0 Å². The van der Waals surface area contributed by atoms with Crippen LogP contribution in [-0.4, -0.2) is 10.1 Å². The molecule has 84 valence electrons. The van der Waals surface area contributed by atoms with Gasteiger partial charge >= 0.3 is 0 Å². The van der Waals surface area contributed by atoms with Crippen molar-refractivity contribution in [2.45, 2.75) is 20.0 Å². The summed E-state index contributed by atoms with van der Waals surface area (Å²) >= 11 is 0. The molecule has 1 heterocycles. The van der Waals surface area contributed by atoms with Gasteiger partial charge in [0.25, 0.3) is 0 Å². The molecule has 1 aromatic heterocycles. The Bertz CT molecular complexity index is 449. The van der Waals surface area contributed by atoms with Gasteiger partial charge in [-0.15, -0.1) is 0 Å². The van der Waals surface area contributed by atoms with Gasteiger partial charge in [0.15, 0.2) is 5.82 Å². The number of aromatic nitrogens is 2. The van der Waals surface area contributed by atoms with Crippen LogP contribution in [0.5, 0.6) is 0 Å². The van der Waals surface area contributed by atoms with Crippen LogP contribution in [0.3, 0.4) is 0 Å². The minimum Gasteiger partial charge on any atom is -0.399 e. The van der Waals surface area contributed by atoms with Gasteiger partial charge in [0, 0.05) is 12.2 Å². The van der Waals surface area contributed by atoms with Crippen molar-refractivity contribution in [3.63, 3.8) is 0 Å². The second-order valence-electron chi connectivity index (χ2n) is 3.58. The zero-order valence-corrected chi connectivity index (χ0v) is 9.10. The van der Waals surface area contributed by atoms with Crippen molar-refractivity contribution in [2.75, 3.05) is 5.73 Å². The number of hydrogen-bond acceptors (Lipinski definition) is 5. The molecular weight excluding hydrogens is 204 g/mol. The number of nitrogen functional groups attached to an aromatic ring is 1. The first kappa shape index (κ1) is 10.6. The summed E-state index contributed by atoms with van der Waals surface area (Å²) in [5, 5.41) is 6.92. The van der Waals surface area contributed by atoms with E-state index in [1.54, 1.807) is 6.92 Å². The molecule has 0 aliphatic heterocycles. The molecule has 0 bridgehead atoms. The predicted octanol–water partition coefficient (Wildman–Crippen LogP) is 1.25. The fraction of sp³-hybridized carbons (Fsp3) is 0.273. The van der Waals surface area contributed by atoms with Crippen molar-refractivity contribution in [3.8, 4) is 0 Å². The molecule has 0 saturated carbocycles. The highest BCUT2D eigenvalue weighted by Gasteiger charge is 2.01. The molecule has 0 aliphatic rings. The lowest BCUT2D eigenvalue weighted by Crippen LogP contribution is -2.12. The second-order valence-corrected chi connectivity index (χ2v) is 3.58. The quantitative estimate of drug-likeness (QED) is 0.755. The van der Waals surface area contributed by atoms with Crippen LogP contribution < -0.4 is 11.1 Å². The van der Waals surface area contributed by atoms with Crippen LogP contribution in [0.25, 0.3) is 0 Å². The Hall–Kier alpha value is -1.88. The van der Waals surface area contributed by atoms with E-state index in [2.05, 4.69) is 15.5 Å². The maximum atomic E-state index is 5.60. The topological polar surface area (TPSA) is 77.0 Å². The molecule has 3 N–H and O–H groups in total. The second kappa shape index (κ2) is 4.76. The first-order valence-electron chi connectivity index (χ1n) is 5.08. The maximum absolute atomic E-state index is 5.60. The van der Waals surface area contributed by atoms with E-state index in [-0.39, 0.29) is 0 Å². The average molecular weight is 218 g/mol. The van der Waals surface area contributed by atoms with Crippen molar-refractivity contribution in [3.05, 3.63) is 41.5 Å². The largest absolute Gasteiger partial charge is 0.399 e. The third kappa shape index (κ3) is 2.80. The number of benzene rings is 1. The van der Waals surface area contributed by atoms with Gasteiger partial charge in [-0.1, -0.05) is 17.3 Å². The van der Waals surface area contributed by atoms with E-state index >= 15 is 0 Å². The van der Waals surface area contributed by atoms with E-state index in [4.69, 9.17) is 10.3 Å². The SMILES string of the molecule is Cc1noc(CNCc2ccc(N)cc2)n1. The van der Waals surface area contributed by atoms with Crippen LogP contribution in [0.1, 0.15) is 17.3 Å². The number of aryl methyl sites for hydroxylation is 1. The van der Waals surface area contributed by atoms with Gasteiger partial charge in [-0.3, -0.25) is 0 Å². The first-order valence-corrected chi connectivity index (χ1v) is 5.08. The summed E-state index contributed by atoms with van der Waals surface area (Å²) in [4.78, 5) is 4.10. The fourth-order valence-corrected chi connectivity index (χ4v) is 1.36. The van der Waals surface area contributed by atoms with Crippen LogP contribution in [0.2, 0.25) is 0 Å². The molecule has 0 amide bonds. The van der Waals surface area contributed by atoms with E-state index in [9.17, 15) is 0 Å². The molecule has 0 fully saturated rings. The third-order valence-electron chi connectivity index (χ3n) is 2.15. The molecule has 0 aliphatic carbocycles. The number of hydrogen-bond donors (Lipinski definition) is 2. The summed E-state index contributed by atoms with van der Waals surface area (Å²) in [7, 11) is 0. The van der Waals surface area contributed by atoms with Gasteiger partial charge in [-0.25, -0.2) is 0 Å². The monoisotopic (exact) mass is 218 g/mol. The molecule has 0 atom stereocenters. The van der Waals surface area contributed by atoms with E-state index in [0.717, 1.165) is 12.2 Å². The Morgan fingerprint density at radius 2 is 2.00 bits per heavy atom. The summed E-state index contributed by atoms with van der Waals surface area (Å²) in [6.07, 6.45) is 0. The van der Waals surface area contributed by atoms with E-state index in [0.29, 0.717) is 18.3 Å². The van der Waals surface area contributed by atoms with Crippen LogP contribution in [0, 0.1) is 6.92 Å². The summed E-state index contributed by atoms with van der Waals surface area (Å²) in [6, 6.07) is 7.74. The minimum atomic E-state index is 0.575. The molecule has 5 nitrogen and oxygen atoms in total. The van der Waals surface area contributed by atoms with Crippen molar-refractivity contribution >= 4 is 5.69 Å². The Kier molecular flexibility index (Phi) is 3.16. The van der Waals surface area contributed by atoms with Gasteiger partial charge in [0.05, 0.1) is 6.54 Å². The molecule has 0 spiro atoms. The van der Waals surface area contributed by atoms with Crippen LogP contribution in [0.4, 0.5) is 5.69 Å². The highest BCUT2D eigenvalue weighted by Crippen LogP contribution is 2.05. The fourth-order valence-electron chi connectivity index (χ4n) is 1.36. The van der Waals surface area contributed by atoms with Crippen LogP contribution in [-0.2, 0) is 13.1 Å². The first-order chi connectivity index (χ1) is 7.74. The number of anilines is 1. The maximum Gasteiger partial charge on any atom is 0.240 e. The van der Waals surface area contributed by atoms with E-state index in [1.807, 2.05) is 24.3 Å². The minimum absolute atomic E-state index is 0.575. The molecule has 0 saturated heterocycles. The van der Waals surface area contributed by atoms with Gasteiger partial charge in [-0.05, 0) is 24.6 Å². The molecule has 2 rings (SSSR count). The van der Waals surface area contributed by atoms with E-state index in [1.165, 1.54) is 5.56 Å². The number of nitrogens with one attached hydrogen (secondary N) is 1. The van der Waals surface area contributed by atoms with Gasteiger partial charge < -0.3 is 15.6 Å².